The average molecular weight is 298 g/mol. The van der Waals surface area contributed by atoms with E-state index in [1.165, 1.54) is 0 Å². The zero-order chi connectivity index (χ0) is 15.5. The third-order valence-corrected chi connectivity index (χ3v) is 4.42. The van der Waals surface area contributed by atoms with E-state index in [0.717, 1.165) is 29.5 Å². The smallest absolute Gasteiger partial charge is 0.260 e. The maximum atomic E-state index is 12.4. The van der Waals surface area contributed by atoms with E-state index in [-0.39, 0.29) is 18.6 Å². The van der Waals surface area contributed by atoms with Gasteiger partial charge in [-0.25, -0.2) is 0 Å². The van der Waals surface area contributed by atoms with Crippen LogP contribution in [0.5, 0.6) is 5.75 Å². The van der Waals surface area contributed by atoms with E-state index in [9.17, 15) is 4.79 Å². The lowest BCUT2D eigenvalue weighted by molar-refractivity contribution is -0.133. The second kappa shape index (κ2) is 6.36. The normalized spacial score (nSPS) is 21.3. The molecule has 1 amide bonds. The molecule has 1 fully saturated rings. The lowest BCUT2D eigenvalue weighted by atomic mass is 10.1. The fraction of sp³-hybridized carbons (Fsp3) is 0.389. The van der Waals surface area contributed by atoms with Crippen molar-refractivity contribution in [3.05, 3.63) is 42.5 Å². The van der Waals surface area contributed by atoms with E-state index in [1.54, 1.807) is 0 Å². The summed E-state index contributed by atoms with van der Waals surface area (Å²) in [7, 11) is 0. The minimum atomic E-state index is 0.0383. The topological polar surface area (TPSA) is 55.6 Å². The first kappa shape index (κ1) is 14.9. The summed E-state index contributed by atoms with van der Waals surface area (Å²) in [5, 5.41) is 2.15. The van der Waals surface area contributed by atoms with E-state index in [2.05, 4.69) is 6.92 Å². The molecule has 1 saturated heterocycles. The van der Waals surface area contributed by atoms with Gasteiger partial charge in [0.1, 0.15) is 5.75 Å². The molecule has 2 aromatic carbocycles. The second-order valence-corrected chi connectivity index (χ2v) is 6.00. The largest absolute Gasteiger partial charge is 0.483 e. The molecule has 2 N–H and O–H groups in total. The quantitative estimate of drug-likeness (QED) is 0.943. The van der Waals surface area contributed by atoms with Crippen molar-refractivity contribution in [2.45, 2.75) is 19.4 Å². The van der Waals surface area contributed by atoms with Crippen molar-refractivity contribution < 1.29 is 9.53 Å². The number of fused-ring (bicyclic) bond motifs is 1. The third kappa shape index (κ3) is 2.92. The Balaban J connectivity index is 1.68. The Kier molecular flexibility index (Phi) is 4.29. The fourth-order valence-electron chi connectivity index (χ4n) is 3.20. The molecule has 0 aromatic heterocycles. The van der Waals surface area contributed by atoms with Gasteiger partial charge in [0.05, 0.1) is 0 Å². The fourth-order valence-corrected chi connectivity index (χ4v) is 3.20. The highest BCUT2D eigenvalue weighted by molar-refractivity contribution is 5.88. The Labute approximate surface area is 130 Å². The van der Waals surface area contributed by atoms with Crippen molar-refractivity contribution in [3.8, 4) is 5.75 Å². The number of amides is 1. The van der Waals surface area contributed by atoms with Crippen LogP contribution in [0.3, 0.4) is 0 Å². The van der Waals surface area contributed by atoms with E-state index in [1.807, 2.05) is 47.4 Å². The molecule has 4 heteroatoms. The monoisotopic (exact) mass is 298 g/mol. The standard InChI is InChI=1S/C18H22N2O2/c1-13-9-14(10-19)11-20(13)18(21)12-22-17-8-4-6-15-5-2-3-7-16(15)17/h2-8,13-14H,9-12,19H2,1H3. The van der Waals surface area contributed by atoms with Crippen molar-refractivity contribution in [1.29, 1.82) is 0 Å². The summed E-state index contributed by atoms with van der Waals surface area (Å²) in [5.41, 5.74) is 5.72. The van der Waals surface area contributed by atoms with Crippen LogP contribution in [0.2, 0.25) is 0 Å². The molecule has 22 heavy (non-hydrogen) atoms. The molecule has 0 radical (unpaired) electrons. The predicted molar refractivity (Wildman–Crippen MR) is 87.8 cm³/mol. The van der Waals surface area contributed by atoms with Gasteiger partial charge in [0, 0.05) is 18.0 Å². The molecule has 0 aliphatic carbocycles. The van der Waals surface area contributed by atoms with Crippen molar-refractivity contribution in [3.63, 3.8) is 0 Å². The lowest BCUT2D eigenvalue weighted by Gasteiger charge is -2.21. The van der Waals surface area contributed by atoms with Gasteiger partial charge < -0.3 is 15.4 Å². The summed E-state index contributed by atoms with van der Waals surface area (Å²) in [6, 6.07) is 14.2. The van der Waals surface area contributed by atoms with Gasteiger partial charge in [-0.1, -0.05) is 36.4 Å². The number of carbonyl (C=O) groups excluding carboxylic acids is 1. The van der Waals surface area contributed by atoms with E-state index in [4.69, 9.17) is 10.5 Å². The average Bonchev–Trinajstić information content (AvgIpc) is 2.93. The maximum Gasteiger partial charge on any atom is 0.260 e. The van der Waals surface area contributed by atoms with Gasteiger partial charge in [-0.15, -0.1) is 0 Å². The summed E-state index contributed by atoms with van der Waals surface area (Å²) in [4.78, 5) is 14.3. The van der Waals surface area contributed by atoms with E-state index < -0.39 is 0 Å². The highest BCUT2D eigenvalue weighted by atomic mass is 16.5. The van der Waals surface area contributed by atoms with E-state index in [0.29, 0.717) is 12.5 Å². The molecule has 3 rings (SSSR count). The van der Waals surface area contributed by atoms with Crippen LogP contribution in [0, 0.1) is 5.92 Å². The number of ether oxygens (including phenoxy) is 1. The molecule has 2 aromatic rings. The zero-order valence-corrected chi connectivity index (χ0v) is 12.9. The number of rotatable bonds is 4. The summed E-state index contributed by atoms with van der Waals surface area (Å²) < 4.78 is 5.79. The van der Waals surface area contributed by atoms with Crippen LogP contribution in [0.15, 0.2) is 42.5 Å². The molecule has 0 bridgehead atoms. The molecule has 116 valence electrons. The zero-order valence-electron chi connectivity index (χ0n) is 12.9. The summed E-state index contributed by atoms with van der Waals surface area (Å²) in [6.45, 7) is 3.54. The maximum absolute atomic E-state index is 12.4. The Bertz CT molecular complexity index is 666. The van der Waals surface area contributed by atoms with Gasteiger partial charge in [0.25, 0.3) is 5.91 Å². The molecule has 4 nitrogen and oxygen atoms in total. The minimum Gasteiger partial charge on any atom is -0.483 e. The van der Waals surface area contributed by atoms with Crippen LogP contribution in [0.1, 0.15) is 13.3 Å². The number of hydrogen-bond donors (Lipinski definition) is 1. The molecule has 0 saturated carbocycles. The van der Waals surface area contributed by atoms with Crippen molar-refractivity contribution in [2.24, 2.45) is 11.7 Å². The summed E-state index contributed by atoms with van der Waals surface area (Å²) in [6.07, 6.45) is 0.983. The molecule has 1 aliphatic heterocycles. The van der Waals surface area contributed by atoms with Gasteiger partial charge in [-0.05, 0) is 37.3 Å². The molecular formula is C18H22N2O2. The third-order valence-electron chi connectivity index (χ3n) is 4.42. The van der Waals surface area contributed by atoms with Crippen molar-refractivity contribution >= 4 is 16.7 Å². The second-order valence-electron chi connectivity index (χ2n) is 6.00. The van der Waals surface area contributed by atoms with Crippen molar-refractivity contribution in [2.75, 3.05) is 19.7 Å². The minimum absolute atomic E-state index is 0.0383. The Hall–Kier alpha value is -2.07. The molecule has 0 spiro atoms. The Morgan fingerprint density at radius 2 is 2.05 bits per heavy atom. The Morgan fingerprint density at radius 1 is 1.27 bits per heavy atom. The van der Waals surface area contributed by atoms with Crippen LogP contribution < -0.4 is 10.5 Å². The molecule has 1 aliphatic rings. The first-order valence-electron chi connectivity index (χ1n) is 7.79. The number of benzene rings is 2. The lowest BCUT2D eigenvalue weighted by Crippen LogP contribution is -2.37. The van der Waals surface area contributed by atoms with Crippen LogP contribution in [0.4, 0.5) is 0 Å². The van der Waals surface area contributed by atoms with E-state index >= 15 is 0 Å². The first-order valence-corrected chi connectivity index (χ1v) is 7.79. The number of carbonyl (C=O) groups is 1. The Morgan fingerprint density at radius 3 is 2.82 bits per heavy atom. The SMILES string of the molecule is CC1CC(CN)CN1C(=O)COc1cccc2ccccc12. The van der Waals surface area contributed by atoms with Crippen LogP contribution in [-0.4, -0.2) is 36.5 Å². The van der Waals surface area contributed by atoms with Gasteiger partial charge >= 0.3 is 0 Å². The highest BCUT2D eigenvalue weighted by Gasteiger charge is 2.31. The highest BCUT2D eigenvalue weighted by Crippen LogP contribution is 2.26. The molecule has 2 atom stereocenters. The molecule has 2 unspecified atom stereocenters. The molecular weight excluding hydrogens is 276 g/mol. The number of likely N-dealkylation sites (tertiary alicyclic amines) is 1. The number of nitrogens with zero attached hydrogens (tertiary/aromatic N) is 1. The van der Waals surface area contributed by atoms with Gasteiger partial charge in [0.2, 0.25) is 0 Å². The number of hydrogen-bond acceptors (Lipinski definition) is 3. The van der Waals surface area contributed by atoms with Crippen molar-refractivity contribution in [1.82, 2.24) is 4.90 Å². The van der Waals surface area contributed by atoms with Crippen LogP contribution in [0.25, 0.3) is 10.8 Å². The molecule has 1 heterocycles. The number of nitrogens with two attached hydrogens (primary N) is 1. The van der Waals surface area contributed by atoms with Crippen LogP contribution in [-0.2, 0) is 4.79 Å². The summed E-state index contributed by atoms with van der Waals surface area (Å²) >= 11 is 0. The van der Waals surface area contributed by atoms with Gasteiger partial charge in [-0.3, -0.25) is 4.79 Å². The summed E-state index contributed by atoms with van der Waals surface area (Å²) in [5.74, 6) is 1.21. The van der Waals surface area contributed by atoms with Gasteiger partial charge in [0.15, 0.2) is 6.61 Å². The predicted octanol–water partition coefficient (Wildman–Crippen LogP) is 2.41. The van der Waals surface area contributed by atoms with Gasteiger partial charge in [-0.2, -0.15) is 0 Å². The van der Waals surface area contributed by atoms with Crippen LogP contribution >= 0.6 is 0 Å². The first-order chi connectivity index (χ1) is 10.7.